The third kappa shape index (κ3) is 2.71. The molecule has 98 valence electrons. The highest BCUT2D eigenvalue weighted by Crippen LogP contribution is 2.20. The number of anilines is 2. The van der Waals surface area contributed by atoms with Crippen LogP contribution in [0.2, 0.25) is 0 Å². The zero-order chi connectivity index (χ0) is 13.1. The minimum absolute atomic E-state index is 1.07. The van der Waals surface area contributed by atoms with Gasteiger partial charge in [-0.25, -0.2) is 0 Å². The maximum absolute atomic E-state index is 3.93. The normalized spacial score (nSPS) is 15.6. The summed E-state index contributed by atoms with van der Waals surface area (Å²) >= 11 is 0. The minimum atomic E-state index is 1.07. The predicted octanol–water partition coefficient (Wildman–Crippen LogP) is 1.89. The van der Waals surface area contributed by atoms with Crippen LogP contribution in [-0.2, 0) is 0 Å². The molecule has 1 heterocycles. The zero-order valence-electron chi connectivity index (χ0n) is 11.1. The monoisotopic (exact) mass is 254 g/mol. The van der Waals surface area contributed by atoms with Crippen molar-refractivity contribution >= 4 is 17.1 Å². The van der Waals surface area contributed by atoms with Gasteiger partial charge in [0.05, 0.1) is 0 Å². The Kier molecular flexibility index (Phi) is 3.38. The van der Waals surface area contributed by atoms with Gasteiger partial charge >= 0.3 is 0 Å². The second kappa shape index (κ2) is 5.33. The van der Waals surface area contributed by atoms with Crippen molar-refractivity contribution in [2.75, 3.05) is 36.0 Å². The van der Waals surface area contributed by atoms with Crippen LogP contribution in [0.1, 0.15) is 0 Å². The van der Waals surface area contributed by atoms with Gasteiger partial charge in [0, 0.05) is 49.7 Å². The fraction of sp³-hybridized carbons (Fsp3) is 0.250. The first-order valence-electron chi connectivity index (χ1n) is 6.80. The first kappa shape index (κ1) is 12.1. The van der Waals surface area contributed by atoms with Crippen molar-refractivity contribution in [3.63, 3.8) is 0 Å². The Morgan fingerprint density at radius 2 is 1.11 bits per heavy atom. The molecule has 3 rings (SSSR count). The number of para-hydroxylation sites is 1. The molecule has 0 aromatic heterocycles. The topological polar surface area (TPSA) is 34.1 Å². The lowest BCUT2D eigenvalue weighted by molar-refractivity contribution is -0.254. The fourth-order valence-electron chi connectivity index (χ4n) is 2.57. The van der Waals surface area contributed by atoms with Crippen molar-refractivity contribution in [1.82, 2.24) is 0 Å². The molecule has 1 fully saturated rings. The Morgan fingerprint density at radius 1 is 0.632 bits per heavy atom. The SMILES string of the molecule is [NH3+]c1ccc(N2CCN(c3ccccc3)CC2)cc1. The summed E-state index contributed by atoms with van der Waals surface area (Å²) in [5.41, 5.74) is 7.64. The number of hydrogen-bond donors (Lipinski definition) is 1. The Hall–Kier alpha value is -2.00. The van der Waals surface area contributed by atoms with Gasteiger partial charge in [0.15, 0.2) is 0 Å². The highest BCUT2D eigenvalue weighted by atomic mass is 15.3. The molecule has 1 aliphatic rings. The lowest BCUT2D eigenvalue weighted by atomic mass is 10.2. The lowest BCUT2D eigenvalue weighted by Gasteiger charge is -2.37. The van der Waals surface area contributed by atoms with Gasteiger partial charge in [-0.15, -0.1) is 0 Å². The third-order valence-electron chi connectivity index (χ3n) is 3.70. The second-order valence-corrected chi connectivity index (χ2v) is 4.98. The average molecular weight is 254 g/mol. The van der Waals surface area contributed by atoms with Crippen LogP contribution in [0, 0.1) is 0 Å². The molecule has 2 aromatic rings. The van der Waals surface area contributed by atoms with Gasteiger partial charge in [0.1, 0.15) is 5.69 Å². The molecule has 2 aromatic carbocycles. The summed E-state index contributed by atoms with van der Waals surface area (Å²) in [7, 11) is 0. The molecule has 0 saturated carbocycles. The first-order chi connectivity index (χ1) is 9.33. The van der Waals surface area contributed by atoms with E-state index in [2.05, 4.69) is 70.1 Å². The van der Waals surface area contributed by atoms with Crippen molar-refractivity contribution in [3.8, 4) is 0 Å². The number of quaternary nitrogens is 1. The molecule has 0 atom stereocenters. The zero-order valence-corrected chi connectivity index (χ0v) is 11.1. The van der Waals surface area contributed by atoms with E-state index in [0.717, 1.165) is 31.9 Å². The Bertz CT molecular complexity index is 513. The molecule has 0 radical (unpaired) electrons. The Labute approximate surface area is 114 Å². The number of benzene rings is 2. The van der Waals surface area contributed by atoms with Gasteiger partial charge in [-0.3, -0.25) is 0 Å². The van der Waals surface area contributed by atoms with Crippen LogP contribution in [0.3, 0.4) is 0 Å². The first-order valence-corrected chi connectivity index (χ1v) is 6.80. The Balaban J connectivity index is 1.65. The maximum Gasteiger partial charge on any atom is 0.128 e. The van der Waals surface area contributed by atoms with Gasteiger partial charge in [0.25, 0.3) is 0 Å². The number of nitrogens with zero attached hydrogens (tertiary/aromatic N) is 2. The van der Waals surface area contributed by atoms with Gasteiger partial charge in [0.2, 0.25) is 0 Å². The number of rotatable bonds is 2. The van der Waals surface area contributed by atoms with Crippen LogP contribution in [0.4, 0.5) is 17.1 Å². The van der Waals surface area contributed by atoms with Gasteiger partial charge in [-0.1, -0.05) is 18.2 Å². The lowest BCUT2D eigenvalue weighted by Crippen LogP contribution is -2.46. The van der Waals surface area contributed by atoms with E-state index < -0.39 is 0 Å². The molecule has 3 nitrogen and oxygen atoms in total. The van der Waals surface area contributed by atoms with Crippen LogP contribution >= 0.6 is 0 Å². The summed E-state index contributed by atoms with van der Waals surface area (Å²) in [6.07, 6.45) is 0. The van der Waals surface area contributed by atoms with Crippen molar-refractivity contribution in [3.05, 3.63) is 54.6 Å². The smallest absolute Gasteiger partial charge is 0.128 e. The fourth-order valence-corrected chi connectivity index (χ4v) is 2.57. The van der Waals surface area contributed by atoms with E-state index in [1.807, 2.05) is 0 Å². The maximum atomic E-state index is 3.93. The quantitative estimate of drug-likeness (QED) is 0.888. The van der Waals surface area contributed by atoms with E-state index >= 15 is 0 Å². The summed E-state index contributed by atoms with van der Waals surface area (Å²) in [6.45, 7) is 4.31. The van der Waals surface area contributed by atoms with Crippen LogP contribution in [0.5, 0.6) is 0 Å². The van der Waals surface area contributed by atoms with Crippen LogP contribution in [-0.4, -0.2) is 26.2 Å². The van der Waals surface area contributed by atoms with E-state index in [9.17, 15) is 0 Å². The van der Waals surface area contributed by atoms with Crippen molar-refractivity contribution in [2.45, 2.75) is 0 Å². The predicted molar refractivity (Wildman–Crippen MR) is 79.9 cm³/mol. The van der Waals surface area contributed by atoms with E-state index in [1.165, 1.54) is 11.4 Å². The van der Waals surface area contributed by atoms with E-state index in [0.29, 0.717) is 0 Å². The standard InChI is InChI=1S/C16H19N3/c17-14-6-8-16(9-7-14)19-12-10-18(11-13-19)15-4-2-1-3-5-15/h1-9H,10-13,17H2/p+1. The van der Waals surface area contributed by atoms with Crippen LogP contribution in [0.25, 0.3) is 0 Å². The van der Waals surface area contributed by atoms with Crippen molar-refractivity contribution < 1.29 is 5.73 Å². The highest BCUT2D eigenvalue weighted by molar-refractivity contribution is 5.53. The summed E-state index contributed by atoms with van der Waals surface area (Å²) in [4.78, 5) is 4.89. The molecule has 3 N–H and O–H groups in total. The largest absolute Gasteiger partial charge is 0.368 e. The van der Waals surface area contributed by atoms with Crippen LogP contribution in [0.15, 0.2) is 54.6 Å². The minimum Gasteiger partial charge on any atom is -0.368 e. The van der Waals surface area contributed by atoms with Crippen molar-refractivity contribution in [1.29, 1.82) is 0 Å². The highest BCUT2D eigenvalue weighted by Gasteiger charge is 2.17. The molecule has 0 unspecified atom stereocenters. The molecule has 0 amide bonds. The van der Waals surface area contributed by atoms with Gasteiger partial charge in [-0.2, -0.15) is 0 Å². The van der Waals surface area contributed by atoms with Crippen molar-refractivity contribution in [2.24, 2.45) is 0 Å². The number of hydrogen-bond acceptors (Lipinski definition) is 2. The summed E-state index contributed by atoms with van der Waals surface area (Å²) in [5.74, 6) is 0. The number of piperazine rings is 1. The molecular weight excluding hydrogens is 234 g/mol. The molecule has 19 heavy (non-hydrogen) atoms. The molecular formula is C16H20N3+. The summed E-state index contributed by atoms with van der Waals surface area (Å²) < 4.78 is 0. The van der Waals surface area contributed by atoms with E-state index in [4.69, 9.17) is 0 Å². The van der Waals surface area contributed by atoms with E-state index in [1.54, 1.807) is 0 Å². The van der Waals surface area contributed by atoms with Crippen LogP contribution < -0.4 is 15.5 Å². The average Bonchev–Trinajstić information content (AvgIpc) is 2.49. The molecule has 1 aliphatic heterocycles. The molecule has 3 heteroatoms. The van der Waals surface area contributed by atoms with Gasteiger partial charge in [-0.05, 0) is 24.3 Å². The third-order valence-corrected chi connectivity index (χ3v) is 3.70. The van der Waals surface area contributed by atoms with Gasteiger partial charge < -0.3 is 15.5 Å². The molecule has 1 saturated heterocycles. The summed E-state index contributed by atoms with van der Waals surface area (Å²) in [5, 5.41) is 0. The summed E-state index contributed by atoms with van der Waals surface area (Å²) in [6, 6.07) is 19.2. The Morgan fingerprint density at radius 3 is 1.63 bits per heavy atom. The molecule has 0 bridgehead atoms. The molecule has 0 spiro atoms. The second-order valence-electron chi connectivity index (χ2n) is 4.98. The van der Waals surface area contributed by atoms with E-state index in [-0.39, 0.29) is 0 Å². The molecule has 0 aliphatic carbocycles.